The van der Waals surface area contributed by atoms with Crippen LogP contribution in [0.25, 0.3) is 0 Å². The molecule has 2 unspecified atom stereocenters. The molecule has 2 atom stereocenters. The summed E-state index contributed by atoms with van der Waals surface area (Å²) < 4.78 is 0. The highest BCUT2D eigenvalue weighted by Crippen LogP contribution is 2.40. The summed E-state index contributed by atoms with van der Waals surface area (Å²) in [7, 11) is 3.38. The largest absolute Gasteiger partial charge is 0.365 e. The van der Waals surface area contributed by atoms with E-state index in [0.717, 1.165) is 6.42 Å². The molecule has 1 aromatic heterocycles. The first-order valence-corrected chi connectivity index (χ1v) is 6.40. The lowest BCUT2D eigenvalue weighted by Gasteiger charge is -2.50. The number of nitrogens with two attached hydrogens (primary N) is 1. The summed E-state index contributed by atoms with van der Waals surface area (Å²) >= 11 is 0. The fraction of sp³-hybridized carbons (Fsp3) is 0.615. The topological polar surface area (TPSA) is 84.1 Å². The summed E-state index contributed by atoms with van der Waals surface area (Å²) in [6.45, 7) is 4.27. The number of nitrogens with one attached hydrogen (secondary N) is 1. The smallest absolute Gasteiger partial charge is 0.273 e. The van der Waals surface area contributed by atoms with Gasteiger partial charge in [-0.1, -0.05) is 13.8 Å². The van der Waals surface area contributed by atoms with Gasteiger partial charge >= 0.3 is 0 Å². The average Bonchev–Trinajstić information content (AvgIpc) is 2.38. The lowest BCUT2D eigenvalue weighted by atomic mass is 9.63. The maximum Gasteiger partial charge on any atom is 0.273 e. The zero-order valence-corrected chi connectivity index (χ0v) is 11.8. The molecule has 0 aromatic carbocycles. The minimum absolute atomic E-state index is 0.0554. The van der Waals surface area contributed by atoms with Gasteiger partial charge in [0.1, 0.15) is 5.82 Å². The highest BCUT2D eigenvalue weighted by Gasteiger charge is 2.46. The second-order valence-electron chi connectivity index (χ2n) is 5.86. The number of nitrogens with zero attached hydrogens (tertiary/aromatic N) is 3. The first kappa shape index (κ1) is 13.7. The number of hydrogen-bond donors (Lipinski definition) is 2. The number of aromatic nitrogens is 2. The molecule has 1 aliphatic rings. The Balaban J connectivity index is 2.02. The van der Waals surface area contributed by atoms with Crippen molar-refractivity contribution in [2.45, 2.75) is 32.4 Å². The first-order chi connectivity index (χ1) is 8.82. The highest BCUT2D eigenvalue weighted by molar-refractivity contribution is 5.91. The fourth-order valence-electron chi connectivity index (χ4n) is 2.14. The fourth-order valence-corrected chi connectivity index (χ4v) is 2.14. The van der Waals surface area contributed by atoms with Crippen LogP contribution in [0.15, 0.2) is 12.1 Å². The first-order valence-electron chi connectivity index (χ1n) is 6.40. The van der Waals surface area contributed by atoms with Crippen molar-refractivity contribution in [3.05, 3.63) is 17.8 Å². The third-order valence-electron chi connectivity index (χ3n) is 3.96. The van der Waals surface area contributed by atoms with Gasteiger partial charge in [-0.05, 0) is 18.6 Å². The molecular weight excluding hydrogens is 242 g/mol. The molecular formula is C13H21N5O. The molecule has 6 heteroatoms. The molecule has 1 saturated carbocycles. The van der Waals surface area contributed by atoms with Crippen molar-refractivity contribution < 1.29 is 4.79 Å². The zero-order chi connectivity index (χ0) is 14.2. The van der Waals surface area contributed by atoms with E-state index in [1.807, 2.05) is 0 Å². The Morgan fingerprint density at radius 1 is 1.42 bits per heavy atom. The Hall–Kier alpha value is -1.69. The maximum atomic E-state index is 11.7. The van der Waals surface area contributed by atoms with E-state index >= 15 is 0 Å². The van der Waals surface area contributed by atoms with Gasteiger partial charge in [0.2, 0.25) is 0 Å². The van der Waals surface area contributed by atoms with Crippen molar-refractivity contribution in [2.24, 2.45) is 11.1 Å². The van der Waals surface area contributed by atoms with Gasteiger partial charge in [-0.2, -0.15) is 0 Å². The summed E-state index contributed by atoms with van der Waals surface area (Å²) in [5.74, 6) is 0.533. The molecule has 0 saturated heterocycles. The van der Waals surface area contributed by atoms with E-state index in [2.05, 4.69) is 29.4 Å². The van der Waals surface area contributed by atoms with Crippen molar-refractivity contribution in [1.82, 2.24) is 15.1 Å². The Bertz CT molecular complexity index is 468. The number of amides is 1. The SMILES string of the molecule is CN(C)C(=O)c1ccc(NC2CC(N)C2(C)C)nn1. The number of hydrogen-bond acceptors (Lipinski definition) is 5. The van der Waals surface area contributed by atoms with Crippen LogP contribution in [-0.4, -0.2) is 47.2 Å². The van der Waals surface area contributed by atoms with Crippen molar-refractivity contribution in [2.75, 3.05) is 19.4 Å². The van der Waals surface area contributed by atoms with Crippen molar-refractivity contribution in [1.29, 1.82) is 0 Å². The lowest BCUT2D eigenvalue weighted by molar-refractivity contribution is 0.0821. The highest BCUT2D eigenvalue weighted by atomic mass is 16.2. The molecule has 1 aliphatic carbocycles. The molecule has 1 aromatic rings. The number of anilines is 1. The van der Waals surface area contributed by atoms with Crippen LogP contribution < -0.4 is 11.1 Å². The molecule has 0 radical (unpaired) electrons. The van der Waals surface area contributed by atoms with E-state index in [4.69, 9.17) is 5.73 Å². The molecule has 1 fully saturated rings. The minimum Gasteiger partial charge on any atom is -0.365 e. The predicted octanol–water partition coefficient (Wildman–Crippen LogP) is 0.716. The van der Waals surface area contributed by atoms with Crippen LogP contribution in [0.5, 0.6) is 0 Å². The second kappa shape index (κ2) is 4.77. The quantitative estimate of drug-likeness (QED) is 0.839. The van der Waals surface area contributed by atoms with Crippen LogP contribution in [0.2, 0.25) is 0 Å². The molecule has 0 bridgehead atoms. The second-order valence-corrected chi connectivity index (χ2v) is 5.86. The predicted molar refractivity (Wildman–Crippen MR) is 73.8 cm³/mol. The zero-order valence-electron chi connectivity index (χ0n) is 11.8. The molecule has 3 N–H and O–H groups in total. The molecule has 1 heterocycles. The third-order valence-corrected chi connectivity index (χ3v) is 3.96. The number of carbonyl (C=O) groups is 1. The molecule has 19 heavy (non-hydrogen) atoms. The van der Waals surface area contributed by atoms with Crippen LogP contribution in [0, 0.1) is 5.41 Å². The third kappa shape index (κ3) is 2.53. The average molecular weight is 263 g/mol. The van der Waals surface area contributed by atoms with Crippen LogP contribution in [0.1, 0.15) is 30.8 Å². The monoisotopic (exact) mass is 263 g/mol. The molecule has 1 amide bonds. The van der Waals surface area contributed by atoms with Gasteiger partial charge in [0.25, 0.3) is 5.91 Å². The molecule has 0 spiro atoms. The Kier molecular flexibility index (Phi) is 3.45. The molecule has 0 aliphatic heterocycles. The van der Waals surface area contributed by atoms with E-state index in [1.165, 1.54) is 4.90 Å². The summed E-state index contributed by atoms with van der Waals surface area (Å²) in [6.07, 6.45) is 0.924. The normalized spacial score (nSPS) is 24.5. The maximum absolute atomic E-state index is 11.7. The summed E-state index contributed by atoms with van der Waals surface area (Å²) in [5, 5.41) is 11.3. The van der Waals surface area contributed by atoms with Crippen LogP contribution in [-0.2, 0) is 0 Å². The molecule has 104 valence electrons. The Morgan fingerprint density at radius 2 is 2.11 bits per heavy atom. The number of carbonyl (C=O) groups excluding carboxylic acids is 1. The Labute approximate surface area is 113 Å². The summed E-state index contributed by atoms with van der Waals surface area (Å²) in [5.41, 5.74) is 6.37. The van der Waals surface area contributed by atoms with E-state index in [9.17, 15) is 4.79 Å². The van der Waals surface area contributed by atoms with E-state index in [1.54, 1.807) is 26.2 Å². The van der Waals surface area contributed by atoms with Crippen molar-refractivity contribution >= 4 is 11.7 Å². The van der Waals surface area contributed by atoms with Crippen LogP contribution in [0.3, 0.4) is 0 Å². The Morgan fingerprint density at radius 3 is 2.53 bits per heavy atom. The lowest BCUT2D eigenvalue weighted by Crippen LogP contribution is -2.61. The van der Waals surface area contributed by atoms with Gasteiger partial charge in [-0.25, -0.2) is 0 Å². The van der Waals surface area contributed by atoms with Crippen molar-refractivity contribution in [3.8, 4) is 0 Å². The summed E-state index contributed by atoms with van der Waals surface area (Å²) in [4.78, 5) is 13.2. The summed E-state index contributed by atoms with van der Waals surface area (Å²) in [6, 6.07) is 3.98. The van der Waals surface area contributed by atoms with Gasteiger partial charge in [-0.15, -0.1) is 10.2 Å². The van der Waals surface area contributed by atoms with Gasteiger partial charge in [0.15, 0.2) is 5.69 Å². The van der Waals surface area contributed by atoms with Gasteiger partial charge in [-0.3, -0.25) is 4.79 Å². The van der Waals surface area contributed by atoms with Gasteiger partial charge in [0, 0.05) is 31.6 Å². The number of rotatable bonds is 3. The van der Waals surface area contributed by atoms with E-state index in [-0.39, 0.29) is 17.4 Å². The van der Waals surface area contributed by atoms with Crippen LogP contribution in [0.4, 0.5) is 5.82 Å². The van der Waals surface area contributed by atoms with Crippen molar-refractivity contribution in [3.63, 3.8) is 0 Å². The standard InChI is InChI=1S/C13H21N5O/c1-13(2)9(14)7-10(13)15-11-6-5-8(16-17-11)12(19)18(3)4/h5-6,9-10H,7,14H2,1-4H3,(H,15,17). The molecule has 2 rings (SSSR count). The van der Waals surface area contributed by atoms with Crippen LogP contribution >= 0.6 is 0 Å². The van der Waals surface area contributed by atoms with E-state index < -0.39 is 0 Å². The minimum atomic E-state index is -0.148. The van der Waals surface area contributed by atoms with E-state index in [0.29, 0.717) is 17.6 Å². The molecule has 6 nitrogen and oxygen atoms in total. The van der Waals surface area contributed by atoms with Gasteiger partial charge < -0.3 is 16.0 Å². The van der Waals surface area contributed by atoms with Gasteiger partial charge in [0.05, 0.1) is 0 Å².